The Kier molecular flexibility index (Phi) is 14.4. The Morgan fingerprint density at radius 2 is 0.293 bits per heavy atom. The summed E-state index contributed by atoms with van der Waals surface area (Å²) >= 11 is 0. The predicted molar refractivity (Wildman–Crippen MR) is 240 cm³/mol. The van der Waals surface area contributed by atoms with Crippen molar-refractivity contribution in [1.82, 2.24) is 42.5 Å². The van der Waals surface area contributed by atoms with E-state index in [0.29, 0.717) is 48.3 Å². The van der Waals surface area contributed by atoms with Gasteiger partial charge in [-0.25, -0.2) is 0 Å². The SMILES string of the molecule is C1CCC(C2C(C3CCCCN3)C(C3CCCCN3)C3C(C4CCCCN4)C(C4CCCCN4)C(C4CCCCN4)C(C4CCCCN4)C3C2C2CCCCN2)NC1. The highest BCUT2D eigenvalue weighted by molar-refractivity contribution is 5.19. The molecule has 16 unspecified atom stereocenters. The number of hydrogen-bond acceptors (Lipinski definition) is 8. The number of hydrogen-bond donors (Lipinski definition) is 8. The largest absolute Gasteiger partial charge is 0.314 e. The van der Waals surface area contributed by atoms with Crippen LogP contribution in [-0.2, 0) is 0 Å². The minimum Gasteiger partial charge on any atom is -0.314 e. The summed E-state index contributed by atoms with van der Waals surface area (Å²) in [6.07, 6.45) is 33.7. The van der Waals surface area contributed by atoms with Crippen molar-refractivity contribution in [2.45, 2.75) is 202 Å². The molecule has 8 nitrogen and oxygen atoms in total. The van der Waals surface area contributed by atoms with Crippen molar-refractivity contribution in [2.24, 2.45) is 59.2 Å². The van der Waals surface area contributed by atoms with Gasteiger partial charge in [0.2, 0.25) is 0 Å². The van der Waals surface area contributed by atoms with Crippen molar-refractivity contribution in [3.8, 4) is 0 Å². The molecule has 0 spiro atoms. The highest BCUT2D eigenvalue weighted by Crippen LogP contribution is 2.66. The maximum absolute atomic E-state index is 4.47. The molecular weight excluding hydrogens is 713 g/mol. The summed E-state index contributed by atoms with van der Waals surface area (Å²) in [5.74, 6) is 7.54. The van der Waals surface area contributed by atoms with E-state index in [2.05, 4.69) is 42.5 Å². The molecule has 10 aliphatic rings. The van der Waals surface area contributed by atoms with Gasteiger partial charge in [0.1, 0.15) is 0 Å². The van der Waals surface area contributed by atoms with Crippen LogP contribution in [0.25, 0.3) is 0 Å². The van der Waals surface area contributed by atoms with Gasteiger partial charge in [-0.1, -0.05) is 51.4 Å². The maximum atomic E-state index is 4.47. The molecule has 330 valence electrons. The molecule has 0 aromatic heterocycles. The minimum absolute atomic E-state index is 0.664. The van der Waals surface area contributed by atoms with Crippen LogP contribution in [0, 0.1) is 59.2 Å². The van der Waals surface area contributed by atoms with E-state index >= 15 is 0 Å². The molecule has 8 heteroatoms. The molecule has 2 saturated carbocycles. The van der Waals surface area contributed by atoms with Crippen molar-refractivity contribution in [2.75, 3.05) is 52.4 Å². The first-order chi connectivity index (χ1) is 28.9. The zero-order chi connectivity index (χ0) is 38.7. The lowest BCUT2D eigenvalue weighted by Crippen LogP contribution is -2.75. The van der Waals surface area contributed by atoms with E-state index < -0.39 is 0 Å². The van der Waals surface area contributed by atoms with Gasteiger partial charge in [-0.05, 0) is 214 Å². The van der Waals surface area contributed by atoms with Crippen LogP contribution in [0.15, 0.2) is 0 Å². The number of fused-ring (bicyclic) bond motifs is 1. The first-order valence-corrected chi connectivity index (χ1v) is 26.7. The van der Waals surface area contributed by atoms with Crippen LogP contribution in [0.4, 0.5) is 0 Å². The summed E-state index contributed by atoms with van der Waals surface area (Å²) in [7, 11) is 0. The quantitative estimate of drug-likeness (QED) is 0.145. The molecule has 10 fully saturated rings. The average molecular weight is 803 g/mol. The van der Waals surface area contributed by atoms with E-state index in [1.165, 1.54) is 206 Å². The molecule has 0 aromatic carbocycles. The molecule has 8 N–H and O–H groups in total. The van der Waals surface area contributed by atoms with Gasteiger partial charge < -0.3 is 42.5 Å². The third kappa shape index (κ3) is 8.53. The summed E-state index contributed by atoms with van der Waals surface area (Å²) in [5.41, 5.74) is 0. The molecule has 2 aliphatic carbocycles. The van der Waals surface area contributed by atoms with E-state index in [9.17, 15) is 0 Å². The second-order valence-corrected chi connectivity index (χ2v) is 22.2. The highest BCUT2D eigenvalue weighted by atomic mass is 15.1. The van der Waals surface area contributed by atoms with Crippen LogP contribution in [-0.4, -0.2) is 101 Å². The van der Waals surface area contributed by atoms with Gasteiger partial charge in [0.25, 0.3) is 0 Å². The molecule has 8 heterocycles. The van der Waals surface area contributed by atoms with Crippen molar-refractivity contribution in [3.05, 3.63) is 0 Å². The van der Waals surface area contributed by atoms with Crippen LogP contribution < -0.4 is 42.5 Å². The second-order valence-electron chi connectivity index (χ2n) is 22.2. The van der Waals surface area contributed by atoms with E-state index in [4.69, 9.17) is 0 Å². The number of rotatable bonds is 8. The van der Waals surface area contributed by atoms with Crippen molar-refractivity contribution < 1.29 is 0 Å². The monoisotopic (exact) mass is 803 g/mol. The van der Waals surface area contributed by atoms with Crippen molar-refractivity contribution >= 4 is 0 Å². The van der Waals surface area contributed by atoms with E-state index in [-0.39, 0.29) is 0 Å². The van der Waals surface area contributed by atoms with Gasteiger partial charge >= 0.3 is 0 Å². The molecule has 0 aromatic rings. The summed E-state index contributed by atoms with van der Waals surface area (Å²) in [5, 5.41) is 35.6. The van der Waals surface area contributed by atoms with E-state index in [1.54, 1.807) is 0 Å². The Balaban J connectivity index is 1.22. The van der Waals surface area contributed by atoms with Crippen LogP contribution in [0.1, 0.15) is 154 Å². The van der Waals surface area contributed by atoms with Crippen molar-refractivity contribution in [3.63, 3.8) is 0 Å². The normalized spacial score (nSPS) is 50.1. The molecule has 0 bridgehead atoms. The molecule has 0 radical (unpaired) electrons. The van der Waals surface area contributed by atoms with Crippen LogP contribution in [0.5, 0.6) is 0 Å². The average Bonchev–Trinajstić information content (AvgIpc) is 3.32. The summed E-state index contributed by atoms with van der Waals surface area (Å²) in [6, 6.07) is 5.32. The first-order valence-electron chi connectivity index (χ1n) is 26.7. The van der Waals surface area contributed by atoms with E-state index in [1.807, 2.05) is 0 Å². The Morgan fingerprint density at radius 3 is 0.414 bits per heavy atom. The Labute approximate surface area is 355 Å². The zero-order valence-corrected chi connectivity index (χ0v) is 37.0. The lowest BCUT2D eigenvalue weighted by molar-refractivity contribution is -0.197. The molecule has 8 saturated heterocycles. The Morgan fingerprint density at radius 1 is 0.155 bits per heavy atom. The summed E-state index contributed by atoms with van der Waals surface area (Å²) < 4.78 is 0. The Bertz CT molecular complexity index is 1030. The Hall–Kier alpha value is -0.320. The molecule has 16 atom stereocenters. The highest BCUT2D eigenvalue weighted by Gasteiger charge is 2.68. The zero-order valence-electron chi connectivity index (χ0n) is 37.0. The topological polar surface area (TPSA) is 96.2 Å². The smallest absolute Gasteiger partial charge is 0.0102 e. The fraction of sp³-hybridized carbons (Fsp3) is 1.00. The molecule has 8 aliphatic heterocycles. The van der Waals surface area contributed by atoms with Crippen LogP contribution in [0.2, 0.25) is 0 Å². The van der Waals surface area contributed by atoms with Crippen LogP contribution in [0.3, 0.4) is 0 Å². The summed E-state index contributed by atoms with van der Waals surface area (Å²) in [4.78, 5) is 0. The predicted octanol–water partition coefficient (Wildman–Crippen LogP) is 6.31. The third-order valence-corrected chi connectivity index (χ3v) is 19.4. The lowest BCUT2D eigenvalue weighted by Gasteiger charge is -2.70. The maximum Gasteiger partial charge on any atom is 0.0102 e. The second kappa shape index (κ2) is 20.0. The van der Waals surface area contributed by atoms with Gasteiger partial charge in [0, 0.05) is 48.3 Å². The lowest BCUT2D eigenvalue weighted by atomic mass is 9.38. The van der Waals surface area contributed by atoms with Gasteiger partial charge in [-0.2, -0.15) is 0 Å². The van der Waals surface area contributed by atoms with Gasteiger partial charge in [0.15, 0.2) is 0 Å². The standard InChI is InChI=1S/C50H90N8/c1-9-25-51-33(17-1)41-42(34-18-2-10-26-52-34)46(38-22-6-14-30-56-38)50-48(40-24-8-16-32-58-40)44(36-20-4-12-28-54-36)43(35-19-3-11-27-53-35)47(39-23-7-15-31-57-39)49(50)45(41)37-21-5-13-29-55-37/h33-58H,1-32H2. The van der Waals surface area contributed by atoms with Gasteiger partial charge in [0.05, 0.1) is 0 Å². The van der Waals surface area contributed by atoms with Gasteiger partial charge in [-0.3, -0.25) is 0 Å². The number of nitrogens with one attached hydrogen (secondary N) is 8. The minimum atomic E-state index is 0.664. The molecule has 10 rings (SSSR count). The fourth-order valence-corrected chi connectivity index (χ4v) is 17.5. The van der Waals surface area contributed by atoms with Crippen molar-refractivity contribution in [1.29, 1.82) is 0 Å². The third-order valence-electron chi connectivity index (χ3n) is 19.4. The van der Waals surface area contributed by atoms with Gasteiger partial charge in [-0.15, -0.1) is 0 Å². The van der Waals surface area contributed by atoms with Crippen LogP contribution >= 0.6 is 0 Å². The summed E-state index contributed by atoms with van der Waals surface area (Å²) in [6.45, 7) is 9.92. The molecule has 0 amide bonds. The fourth-order valence-electron chi connectivity index (χ4n) is 17.5. The first kappa shape index (κ1) is 41.7. The molecule has 58 heavy (non-hydrogen) atoms. The van der Waals surface area contributed by atoms with E-state index in [0.717, 1.165) is 59.2 Å². The molecular formula is C50H90N8. The number of piperidine rings is 8.